The predicted octanol–water partition coefficient (Wildman–Crippen LogP) is 4.88. The molecule has 0 fully saturated rings. The first-order chi connectivity index (χ1) is 13.6. The molecule has 3 aromatic heterocycles. The van der Waals surface area contributed by atoms with E-state index in [0.717, 1.165) is 5.56 Å². The lowest BCUT2D eigenvalue weighted by molar-refractivity contribution is 0.102. The highest BCUT2D eigenvalue weighted by atomic mass is 35.5. The maximum absolute atomic E-state index is 12.8. The lowest BCUT2D eigenvalue weighted by Gasteiger charge is -2.08. The van der Waals surface area contributed by atoms with E-state index in [4.69, 9.17) is 23.2 Å². The second-order valence-electron chi connectivity index (χ2n) is 6.07. The number of benzene rings is 1. The van der Waals surface area contributed by atoms with Crippen LogP contribution in [0.5, 0.6) is 0 Å². The van der Waals surface area contributed by atoms with Crippen LogP contribution in [0, 0.1) is 0 Å². The number of nitrogens with zero attached hydrogens (tertiary/aromatic N) is 3. The molecule has 4 rings (SSSR count). The van der Waals surface area contributed by atoms with Gasteiger partial charge in [-0.15, -0.1) is 0 Å². The van der Waals surface area contributed by atoms with Crippen LogP contribution in [0.1, 0.15) is 16.1 Å². The van der Waals surface area contributed by atoms with Crippen LogP contribution in [0.25, 0.3) is 11.1 Å². The van der Waals surface area contributed by atoms with Gasteiger partial charge in [0.2, 0.25) is 0 Å². The molecular weight excluding hydrogens is 397 g/mol. The number of hydrogen-bond donors (Lipinski definition) is 2. The van der Waals surface area contributed by atoms with Gasteiger partial charge >= 0.3 is 0 Å². The van der Waals surface area contributed by atoms with E-state index in [1.165, 1.54) is 0 Å². The van der Waals surface area contributed by atoms with Gasteiger partial charge in [-0.2, -0.15) is 5.10 Å². The van der Waals surface area contributed by atoms with Gasteiger partial charge in [0.25, 0.3) is 5.91 Å². The standard InChI is InChI=1S/C20H15Cl2N5O/c21-15-2-1-3-16(22)18(15)14-6-10-24-19(14)20(28)25-17-7-11-27(26-17)12-13-4-8-23-9-5-13/h1-11,24H,12H2,(H,25,26,28). The molecule has 4 aromatic rings. The molecule has 8 heteroatoms. The Kier molecular flexibility index (Phi) is 5.14. The summed E-state index contributed by atoms with van der Waals surface area (Å²) in [6.07, 6.45) is 6.94. The third-order valence-corrected chi connectivity index (χ3v) is 4.81. The molecule has 28 heavy (non-hydrogen) atoms. The quantitative estimate of drug-likeness (QED) is 0.491. The molecular formula is C20H15Cl2N5O. The smallest absolute Gasteiger partial charge is 0.273 e. The number of nitrogens with one attached hydrogen (secondary N) is 2. The van der Waals surface area contributed by atoms with E-state index in [2.05, 4.69) is 20.4 Å². The zero-order chi connectivity index (χ0) is 19.5. The number of halogens is 2. The normalized spacial score (nSPS) is 10.8. The second kappa shape index (κ2) is 7.88. The molecule has 0 aliphatic heterocycles. The van der Waals surface area contributed by atoms with Crippen LogP contribution in [-0.2, 0) is 6.54 Å². The van der Waals surface area contributed by atoms with Crippen molar-refractivity contribution in [1.82, 2.24) is 19.7 Å². The highest BCUT2D eigenvalue weighted by Crippen LogP contribution is 2.36. The molecule has 0 bridgehead atoms. The van der Waals surface area contributed by atoms with Crippen molar-refractivity contribution in [1.29, 1.82) is 0 Å². The number of rotatable bonds is 5. The number of carbonyl (C=O) groups is 1. The van der Waals surface area contributed by atoms with Crippen LogP contribution >= 0.6 is 23.2 Å². The van der Waals surface area contributed by atoms with Crippen LogP contribution in [0.3, 0.4) is 0 Å². The zero-order valence-corrected chi connectivity index (χ0v) is 16.1. The molecule has 1 aromatic carbocycles. The number of pyridine rings is 1. The molecule has 0 spiro atoms. The Morgan fingerprint density at radius 3 is 2.57 bits per heavy atom. The number of carbonyl (C=O) groups excluding carboxylic acids is 1. The third kappa shape index (κ3) is 3.78. The summed E-state index contributed by atoms with van der Waals surface area (Å²) in [6.45, 7) is 0.585. The minimum absolute atomic E-state index is 0.329. The molecule has 2 N–H and O–H groups in total. The summed E-state index contributed by atoms with van der Waals surface area (Å²) in [5.41, 5.74) is 2.67. The van der Waals surface area contributed by atoms with Gasteiger partial charge in [-0.1, -0.05) is 29.3 Å². The number of aromatic nitrogens is 4. The van der Waals surface area contributed by atoms with E-state index in [1.807, 2.05) is 12.1 Å². The maximum atomic E-state index is 12.8. The van der Waals surface area contributed by atoms with Gasteiger partial charge in [0.15, 0.2) is 5.82 Å². The van der Waals surface area contributed by atoms with Crippen LogP contribution in [-0.4, -0.2) is 25.7 Å². The SMILES string of the molecule is O=C(Nc1ccn(Cc2ccncc2)n1)c1[nH]ccc1-c1c(Cl)cccc1Cl. The molecule has 0 saturated heterocycles. The van der Waals surface area contributed by atoms with Gasteiger partial charge in [-0.25, -0.2) is 0 Å². The number of amides is 1. The molecule has 6 nitrogen and oxygen atoms in total. The summed E-state index contributed by atoms with van der Waals surface area (Å²) in [7, 11) is 0. The number of H-pyrrole nitrogens is 1. The van der Waals surface area contributed by atoms with E-state index in [9.17, 15) is 4.79 Å². The number of hydrogen-bond acceptors (Lipinski definition) is 3. The van der Waals surface area contributed by atoms with E-state index >= 15 is 0 Å². The van der Waals surface area contributed by atoms with Crippen molar-refractivity contribution in [2.45, 2.75) is 6.54 Å². The number of anilines is 1. The topological polar surface area (TPSA) is 75.6 Å². The summed E-state index contributed by atoms with van der Waals surface area (Å²) in [4.78, 5) is 19.7. The first-order valence-electron chi connectivity index (χ1n) is 8.47. The summed E-state index contributed by atoms with van der Waals surface area (Å²) >= 11 is 12.6. The minimum Gasteiger partial charge on any atom is -0.357 e. The fourth-order valence-electron chi connectivity index (χ4n) is 2.89. The second-order valence-corrected chi connectivity index (χ2v) is 6.89. The first-order valence-corrected chi connectivity index (χ1v) is 9.23. The van der Waals surface area contributed by atoms with Gasteiger partial charge in [0.05, 0.1) is 6.54 Å². The van der Waals surface area contributed by atoms with Crippen molar-refractivity contribution >= 4 is 34.9 Å². The van der Waals surface area contributed by atoms with Crippen molar-refractivity contribution in [3.63, 3.8) is 0 Å². The highest BCUT2D eigenvalue weighted by Gasteiger charge is 2.19. The molecule has 0 atom stereocenters. The van der Waals surface area contributed by atoms with Gasteiger partial charge < -0.3 is 10.3 Å². The Morgan fingerprint density at radius 1 is 1.07 bits per heavy atom. The summed E-state index contributed by atoms with van der Waals surface area (Å²) in [6, 6.07) is 12.6. The highest BCUT2D eigenvalue weighted by molar-refractivity contribution is 6.39. The molecule has 140 valence electrons. The van der Waals surface area contributed by atoms with Crippen molar-refractivity contribution in [2.24, 2.45) is 0 Å². The average molecular weight is 412 g/mol. The average Bonchev–Trinajstić information content (AvgIpc) is 3.32. The Morgan fingerprint density at radius 2 is 1.82 bits per heavy atom. The summed E-state index contributed by atoms with van der Waals surface area (Å²) in [5, 5.41) is 8.14. The molecule has 1 amide bonds. The largest absolute Gasteiger partial charge is 0.357 e. The van der Waals surface area contributed by atoms with Crippen molar-refractivity contribution < 1.29 is 4.79 Å². The Balaban J connectivity index is 1.54. The lowest BCUT2D eigenvalue weighted by atomic mass is 10.1. The summed E-state index contributed by atoms with van der Waals surface area (Å²) < 4.78 is 1.74. The molecule has 0 radical (unpaired) electrons. The Hall–Kier alpha value is -3.09. The van der Waals surface area contributed by atoms with Gasteiger partial charge in [-0.05, 0) is 35.9 Å². The molecule has 0 saturated carbocycles. The van der Waals surface area contributed by atoms with Crippen molar-refractivity contribution in [2.75, 3.05) is 5.32 Å². The van der Waals surface area contributed by atoms with Crippen molar-refractivity contribution in [3.05, 3.63) is 88.6 Å². The van der Waals surface area contributed by atoms with Crippen LogP contribution in [0.4, 0.5) is 5.82 Å². The van der Waals surface area contributed by atoms with Crippen LogP contribution in [0.2, 0.25) is 10.0 Å². The first kappa shape index (κ1) is 18.3. The van der Waals surface area contributed by atoms with E-state index in [1.54, 1.807) is 59.8 Å². The summed E-state index contributed by atoms with van der Waals surface area (Å²) in [5.74, 6) is 0.120. The van der Waals surface area contributed by atoms with Crippen LogP contribution in [0.15, 0.2) is 67.3 Å². The Labute approximate surface area is 171 Å². The third-order valence-electron chi connectivity index (χ3n) is 4.18. The lowest BCUT2D eigenvalue weighted by Crippen LogP contribution is -2.14. The predicted molar refractivity (Wildman–Crippen MR) is 110 cm³/mol. The monoisotopic (exact) mass is 411 g/mol. The van der Waals surface area contributed by atoms with E-state index < -0.39 is 0 Å². The zero-order valence-electron chi connectivity index (χ0n) is 14.6. The van der Waals surface area contributed by atoms with Gasteiger partial charge in [0, 0.05) is 52.0 Å². The fraction of sp³-hybridized carbons (Fsp3) is 0.0500. The minimum atomic E-state index is -0.329. The van der Waals surface area contributed by atoms with Gasteiger partial charge in [-0.3, -0.25) is 14.5 Å². The van der Waals surface area contributed by atoms with E-state index in [-0.39, 0.29) is 5.91 Å². The maximum Gasteiger partial charge on any atom is 0.273 e. The van der Waals surface area contributed by atoms with Gasteiger partial charge in [0.1, 0.15) is 5.69 Å². The number of aromatic amines is 1. The fourth-order valence-corrected chi connectivity index (χ4v) is 3.49. The van der Waals surface area contributed by atoms with E-state index in [0.29, 0.717) is 39.2 Å². The molecule has 0 unspecified atom stereocenters. The Bertz CT molecular complexity index is 1100. The van der Waals surface area contributed by atoms with Crippen LogP contribution < -0.4 is 5.32 Å². The molecule has 0 aliphatic rings. The van der Waals surface area contributed by atoms with Crippen molar-refractivity contribution in [3.8, 4) is 11.1 Å². The molecule has 3 heterocycles. The molecule has 0 aliphatic carbocycles.